The Morgan fingerprint density at radius 2 is 2.04 bits per heavy atom. The smallest absolute Gasteiger partial charge is 0.314 e. The molecule has 1 aromatic carbocycles. The third-order valence-electron chi connectivity index (χ3n) is 3.51. The summed E-state index contributed by atoms with van der Waals surface area (Å²) >= 11 is 5.88. The molecule has 0 aliphatic carbocycles. The highest BCUT2D eigenvalue weighted by Gasteiger charge is 2.22. The summed E-state index contributed by atoms with van der Waals surface area (Å²) in [5.41, 5.74) is 3.76. The van der Waals surface area contributed by atoms with Crippen LogP contribution in [0.1, 0.15) is 39.2 Å². The van der Waals surface area contributed by atoms with Crippen molar-refractivity contribution in [3.8, 4) is 5.75 Å². The maximum Gasteiger partial charge on any atom is 0.314 e. The first-order valence-electron chi connectivity index (χ1n) is 8.27. The third-order valence-corrected chi connectivity index (χ3v) is 3.74. The van der Waals surface area contributed by atoms with E-state index in [2.05, 4.69) is 10.5 Å². The van der Waals surface area contributed by atoms with Gasteiger partial charge in [-0.3, -0.25) is 9.59 Å². The van der Waals surface area contributed by atoms with Gasteiger partial charge in [0.25, 0.3) is 5.91 Å². The number of nitrogens with one attached hydrogen (secondary N) is 1. The molecule has 1 rings (SSSR count). The van der Waals surface area contributed by atoms with Crippen molar-refractivity contribution >= 4 is 29.2 Å². The van der Waals surface area contributed by atoms with Crippen LogP contribution in [-0.4, -0.2) is 30.8 Å². The number of carbonyl (C=O) groups is 2. The van der Waals surface area contributed by atoms with Crippen LogP contribution in [0.2, 0.25) is 5.02 Å². The first kappa shape index (κ1) is 21.0. The number of rotatable bonds is 9. The summed E-state index contributed by atoms with van der Waals surface area (Å²) in [4.78, 5) is 23.8. The lowest BCUT2D eigenvalue weighted by atomic mass is 9.99. The van der Waals surface area contributed by atoms with Gasteiger partial charge in [-0.2, -0.15) is 5.10 Å². The summed E-state index contributed by atoms with van der Waals surface area (Å²) < 4.78 is 10.5. The number of esters is 1. The van der Waals surface area contributed by atoms with Crippen LogP contribution in [0.4, 0.5) is 0 Å². The molecule has 1 atom stereocenters. The number of halogens is 1. The van der Waals surface area contributed by atoms with Gasteiger partial charge < -0.3 is 9.47 Å². The van der Waals surface area contributed by atoms with E-state index in [0.717, 1.165) is 12.0 Å². The summed E-state index contributed by atoms with van der Waals surface area (Å²) in [7, 11) is 0. The molecule has 1 aromatic rings. The largest absolute Gasteiger partial charge is 0.483 e. The van der Waals surface area contributed by atoms with Crippen molar-refractivity contribution < 1.29 is 19.1 Å². The van der Waals surface area contributed by atoms with Crippen LogP contribution < -0.4 is 10.2 Å². The van der Waals surface area contributed by atoms with Crippen LogP contribution in [0.25, 0.3) is 0 Å². The number of ether oxygens (including phenoxy) is 2. The first-order valence-corrected chi connectivity index (χ1v) is 8.65. The molecule has 7 heteroatoms. The van der Waals surface area contributed by atoms with Crippen molar-refractivity contribution in [2.24, 2.45) is 11.0 Å². The zero-order chi connectivity index (χ0) is 18.8. The zero-order valence-corrected chi connectivity index (χ0v) is 15.9. The molecule has 0 bridgehead atoms. The fraction of sp³-hybridized carbons (Fsp3) is 0.500. The van der Waals surface area contributed by atoms with E-state index in [1.165, 1.54) is 0 Å². The molecule has 0 unspecified atom stereocenters. The van der Waals surface area contributed by atoms with Gasteiger partial charge in [0.1, 0.15) is 5.75 Å². The second-order valence-corrected chi connectivity index (χ2v) is 6.02. The highest BCUT2D eigenvalue weighted by Crippen LogP contribution is 2.21. The molecule has 6 nitrogen and oxygen atoms in total. The lowest BCUT2D eigenvalue weighted by Gasteiger charge is -2.14. The van der Waals surface area contributed by atoms with E-state index in [1.807, 2.05) is 13.8 Å². The molecule has 1 N–H and O–H groups in total. The van der Waals surface area contributed by atoms with E-state index in [1.54, 1.807) is 32.0 Å². The molecule has 0 saturated heterocycles. The third kappa shape index (κ3) is 7.13. The van der Waals surface area contributed by atoms with Crippen LogP contribution in [0.5, 0.6) is 5.75 Å². The Kier molecular flexibility index (Phi) is 8.99. The molecular weight excluding hydrogens is 344 g/mol. The number of carbonyl (C=O) groups excluding carboxylic acids is 2. The van der Waals surface area contributed by atoms with Gasteiger partial charge in [-0.25, -0.2) is 5.43 Å². The van der Waals surface area contributed by atoms with Crippen LogP contribution in [0.3, 0.4) is 0 Å². The standard InChI is InChI=1S/C18H25ClN2O4/c1-5-7-15(18(23)24-6-2)13(4)20-21-17(22)11-25-16-9-8-14(19)10-12(16)3/h8-10,15H,5-7,11H2,1-4H3,(H,21,22)/b20-13+/t15-/m1/s1. The van der Waals surface area contributed by atoms with Gasteiger partial charge in [-0.1, -0.05) is 24.9 Å². The van der Waals surface area contributed by atoms with Crippen molar-refractivity contribution in [3.63, 3.8) is 0 Å². The monoisotopic (exact) mass is 368 g/mol. The Hall–Kier alpha value is -2.08. The van der Waals surface area contributed by atoms with Gasteiger partial charge in [-0.05, 0) is 51.0 Å². The number of aryl methyl sites for hydroxylation is 1. The van der Waals surface area contributed by atoms with Gasteiger partial charge in [0, 0.05) is 10.7 Å². The van der Waals surface area contributed by atoms with E-state index >= 15 is 0 Å². The van der Waals surface area contributed by atoms with Gasteiger partial charge in [0.2, 0.25) is 0 Å². The van der Waals surface area contributed by atoms with Crippen LogP contribution >= 0.6 is 11.6 Å². The summed E-state index contributed by atoms with van der Waals surface area (Å²) in [5.74, 6) is -0.610. The maximum atomic E-state index is 11.9. The Bertz CT molecular complexity index is 632. The fourth-order valence-corrected chi connectivity index (χ4v) is 2.43. The average Bonchev–Trinajstić information content (AvgIpc) is 2.56. The first-order chi connectivity index (χ1) is 11.9. The minimum absolute atomic E-state index is 0.183. The Labute approximate surface area is 153 Å². The van der Waals surface area contributed by atoms with Gasteiger partial charge in [-0.15, -0.1) is 0 Å². The molecule has 0 aromatic heterocycles. The second kappa shape index (κ2) is 10.7. The van der Waals surface area contributed by atoms with Crippen LogP contribution in [0.15, 0.2) is 23.3 Å². The molecule has 25 heavy (non-hydrogen) atoms. The van der Waals surface area contributed by atoms with E-state index in [0.29, 0.717) is 29.5 Å². The molecule has 0 saturated carbocycles. The Morgan fingerprint density at radius 3 is 2.64 bits per heavy atom. The van der Waals surface area contributed by atoms with Gasteiger partial charge in [0.15, 0.2) is 6.61 Å². The second-order valence-electron chi connectivity index (χ2n) is 5.58. The predicted octanol–water partition coefficient (Wildman–Crippen LogP) is 3.50. The molecule has 0 aliphatic heterocycles. The molecule has 138 valence electrons. The SMILES string of the molecule is CCC[C@@H](C(=O)OCC)/C(C)=N/NC(=O)COc1ccc(Cl)cc1C. The van der Waals surface area contributed by atoms with E-state index in [9.17, 15) is 9.59 Å². The number of hydrazone groups is 1. The van der Waals surface area contributed by atoms with Crippen molar-refractivity contribution in [3.05, 3.63) is 28.8 Å². The number of hydrogen-bond donors (Lipinski definition) is 1. The minimum atomic E-state index is -0.454. The maximum absolute atomic E-state index is 11.9. The minimum Gasteiger partial charge on any atom is -0.483 e. The van der Waals surface area contributed by atoms with E-state index in [4.69, 9.17) is 21.1 Å². The van der Waals surface area contributed by atoms with E-state index in [-0.39, 0.29) is 12.6 Å². The van der Waals surface area contributed by atoms with Crippen molar-refractivity contribution in [1.82, 2.24) is 5.43 Å². The zero-order valence-electron chi connectivity index (χ0n) is 15.1. The fourth-order valence-electron chi connectivity index (χ4n) is 2.21. The average molecular weight is 369 g/mol. The quantitative estimate of drug-likeness (QED) is 0.411. The Balaban J connectivity index is 2.59. The number of benzene rings is 1. The Morgan fingerprint density at radius 1 is 1.32 bits per heavy atom. The molecule has 0 radical (unpaired) electrons. The summed E-state index contributed by atoms with van der Waals surface area (Å²) in [6, 6.07) is 5.15. The van der Waals surface area contributed by atoms with Crippen molar-refractivity contribution in [2.75, 3.05) is 13.2 Å². The molecule has 0 aliphatic rings. The lowest BCUT2D eigenvalue weighted by Crippen LogP contribution is -2.30. The predicted molar refractivity (Wildman–Crippen MR) is 98.0 cm³/mol. The molecular formula is C18H25ClN2O4. The van der Waals surface area contributed by atoms with Crippen LogP contribution in [0, 0.1) is 12.8 Å². The molecule has 0 spiro atoms. The summed E-state index contributed by atoms with van der Waals surface area (Å²) in [6.45, 7) is 7.40. The van der Waals surface area contributed by atoms with Crippen LogP contribution in [-0.2, 0) is 14.3 Å². The molecule has 0 heterocycles. The topological polar surface area (TPSA) is 77.0 Å². The number of amides is 1. The van der Waals surface area contributed by atoms with Crippen molar-refractivity contribution in [2.45, 2.75) is 40.5 Å². The lowest BCUT2D eigenvalue weighted by molar-refractivity contribution is -0.145. The van der Waals surface area contributed by atoms with Gasteiger partial charge in [0.05, 0.1) is 12.5 Å². The highest BCUT2D eigenvalue weighted by molar-refractivity contribution is 6.30. The van der Waals surface area contributed by atoms with Gasteiger partial charge >= 0.3 is 5.97 Å². The normalized spacial score (nSPS) is 12.4. The molecule has 0 fully saturated rings. The van der Waals surface area contributed by atoms with E-state index < -0.39 is 11.8 Å². The molecule has 1 amide bonds. The van der Waals surface area contributed by atoms with Crippen molar-refractivity contribution in [1.29, 1.82) is 0 Å². The number of nitrogens with zero attached hydrogens (tertiary/aromatic N) is 1. The number of hydrogen-bond acceptors (Lipinski definition) is 5. The summed E-state index contributed by atoms with van der Waals surface area (Å²) in [5, 5.41) is 4.62. The summed E-state index contributed by atoms with van der Waals surface area (Å²) in [6.07, 6.45) is 1.42. The highest BCUT2D eigenvalue weighted by atomic mass is 35.5.